The number of benzene rings is 1. The van der Waals surface area contributed by atoms with Crippen molar-refractivity contribution in [2.45, 2.75) is 57.5 Å². The van der Waals surface area contributed by atoms with E-state index in [0.717, 1.165) is 6.42 Å². The molecule has 1 aromatic carbocycles. The monoisotopic (exact) mass is 217 g/mol. The van der Waals surface area contributed by atoms with E-state index in [0.29, 0.717) is 5.54 Å². The van der Waals surface area contributed by atoms with Gasteiger partial charge < -0.3 is 5.32 Å². The first-order valence-electron chi connectivity index (χ1n) is 6.32. The summed E-state index contributed by atoms with van der Waals surface area (Å²) in [6.45, 7) is 6.99. The molecule has 1 heterocycles. The summed E-state index contributed by atoms with van der Waals surface area (Å²) >= 11 is 0. The maximum Gasteiger partial charge on any atom is 0.0198 e. The molecule has 88 valence electrons. The molecule has 1 aliphatic rings. The number of hydrogen-bond acceptors (Lipinski definition) is 1. The van der Waals surface area contributed by atoms with Crippen LogP contribution in [0.4, 0.5) is 0 Å². The molecule has 0 spiro atoms. The van der Waals surface area contributed by atoms with Gasteiger partial charge in [-0.3, -0.25) is 0 Å². The van der Waals surface area contributed by atoms with Crippen LogP contribution >= 0.6 is 0 Å². The molecule has 1 heteroatoms. The van der Waals surface area contributed by atoms with E-state index in [9.17, 15) is 0 Å². The largest absolute Gasteiger partial charge is 0.306 e. The van der Waals surface area contributed by atoms with E-state index in [1.54, 1.807) is 0 Å². The normalized spacial score (nSPS) is 28.9. The van der Waals surface area contributed by atoms with Crippen LogP contribution in [0.1, 0.15) is 45.6 Å². The van der Waals surface area contributed by atoms with Crippen LogP contribution in [0, 0.1) is 0 Å². The lowest BCUT2D eigenvalue weighted by Gasteiger charge is -2.45. The van der Waals surface area contributed by atoms with Crippen molar-refractivity contribution in [1.82, 2.24) is 5.32 Å². The lowest BCUT2D eigenvalue weighted by atomic mass is 9.78. The van der Waals surface area contributed by atoms with E-state index < -0.39 is 0 Å². The van der Waals surface area contributed by atoms with E-state index >= 15 is 0 Å². The van der Waals surface area contributed by atoms with Crippen LogP contribution in [0.2, 0.25) is 0 Å². The summed E-state index contributed by atoms with van der Waals surface area (Å²) in [6, 6.07) is 10.8. The summed E-state index contributed by atoms with van der Waals surface area (Å²) in [5, 5.41) is 3.82. The second-order valence-electron chi connectivity index (χ2n) is 6.09. The first kappa shape index (κ1) is 11.7. The highest BCUT2D eigenvalue weighted by Gasteiger charge is 2.35. The highest BCUT2D eigenvalue weighted by atomic mass is 15.0. The van der Waals surface area contributed by atoms with Crippen molar-refractivity contribution in [3.8, 4) is 0 Å². The fourth-order valence-electron chi connectivity index (χ4n) is 3.04. The summed E-state index contributed by atoms with van der Waals surface area (Å²) in [7, 11) is 0. The zero-order chi connectivity index (χ0) is 11.6. The third-order valence-corrected chi connectivity index (χ3v) is 3.61. The lowest BCUT2D eigenvalue weighted by molar-refractivity contribution is 0.167. The molecule has 0 amide bonds. The van der Waals surface area contributed by atoms with Crippen molar-refractivity contribution in [1.29, 1.82) is 0 Å². The molecule has 0 saturated carbocycles. The zero-order valence-electron chi connectivity index (χ0n) is 10.7. The van der Waals surface area contributed by atoms with E-state index in [1.165, 1.54) is 24.8 Å². The van der Waals surface area contributed by atoms with Crippen molar-refractivity contribution in [3.63, 3.8) is 0 Å². The second kappa shape index (κ2) is 4.21. The predicted molar refractivity (Wildman–Crippen MR) is 69.6 cm³/mol. The number of piperidine rings is 1. The first-order chi connectivity index (χ1) is 7.49. The molecule has 1 N–H and O–H groups in total. The Morgan fingerprint density at radius 3 is 2.38 bits per heavy atom. The summed E-state index contributed by atoms with van der Waals surface area (Å²) in [5.74, 6) is 0. The van der Waals surface area contributed by atoms with Crippen LogP contribution in [-0.2, 0) is 6.42 Å². The molecule has 0 radical (unpaired) electrons. The fraction of sp³-hybridized carbons (Fsp3) is 0.600. The quantitative estimate of drug-likeness (QED) is 0.799. The van der Waals surface area contributed by atoms with Crippen LogP contribution in [0.3, 0.4) is 0 Å². The van der Waals surface area contributed by atoms with Crippen LogP contribution in [0.5, 0.6) is 0 Å². The third-order valence-electron chi connectivity index (χ3n) is 3.61. The van der Waals surface area contributed by atoms with Gasteiger partial charge in [-0.15, -0.1) is 0 Å². The molecule has 16 heavy (non-hydrogen) atoms. The lowest BCUT2D eigenvalue weighted by Crippen LogP contribution is -2.57. The highest BCUT2D eigenvalue weighted by molar-refractivity contribution is 5.18. The van der Waals surface area contributed by atoms with Gasteiger partial charge in [0.25, 0.3) is 0 Å². The van der Waals surface area contributed by atoms with Crippen LogP contribution in [0.25, 0.3) is 0 Å². The highest BCUT2D eigenvalue weighted by Crippen LogP contribution is 2.30. The second-order valence-corrected chi connectivity index (χ2v) is 6.09. The average Bonchev–Trinajstić information content (AvgIpc) is 2.16. The average molecular weight is 217 g/mol. The minimum Gasteiger partial charge on any atom is -0.306 e. The fourth-order valence-corrected chi connectivity index (χ4v) is 3.04. The van der Waals surface area contributed by atoms with Crippen molar-refractivity contribution >= 4 is 0 Å². The SMILES string of the molecule is CC1(C)CCCC(C)(Cc2ccccc2)N1. The van der Waals surface area contributed by atoms with Gasteiger partial charge in [0.15, 0.2) is 0 Å². The number of hydrogen-bond donors (Lipinski definition) is 1. The van der Waals surface area contributed by atoms with Gasteiger partial charge in [0.1, 0.15) is 0 Å². The van der Waals surface area contributed by atoms with Crippen LogP contribution < -0.4 is 5.32 Å². The van der Waals surface area contributed by atoms with E-state index in [-0.39, 0.29) is 5.54 Å². The number of rotatable bonds is 2. The topological polar surface area (TPSA) is 12.0 Å². The maximum absolute atomic E-state index is 3.82. The molecule has 1 fully saturated rings. The molecule has 1 nitrogen and oxygen atoms in total. The van der Waals surface area contributed by atoms with Gasteiger partial charge >= 0.3 is 0 Å². The van der Waals surface area contributed by atoms with E-state index in [1.807, 2.05) is 0 Å². The van der Waals surface area contributed by atoms with Crippen molar-refractivity contribution in [3.05, 3.63) is 35.9 Å². The Balaban J connectivity index is 2.08. The summed E-state index contributed by atoms with van der Waals surface area (Å²) in [6.07, 6.45) is 5.04. The molecule has 1 saturated heterocycles. The zero-order valence-corrected chi connectivity index (χ0v) is 10.7. The summed E-state index contributed by atoms with van der Waals surface area (Å²) in [5.41, 5.74) is 2.00. The van der Waals surface area contributed by atoms with Crippen LogP contribution in [0.15, 0.2) is 30.3 Å². The van der Waals surface area contributed by atoms with Gasteiger partial charge in [0, 0.05) is 11.1 Å². The van der Waals surface area contributed by atoms with Crippen molar-refractivity contribution in [2.75, 3.05) is 0 Å². The Labute approximate surface area is 99.3 Å². The van der Waals surface area contributed by atoms with Crippen molar-refractivity contribution in [2.24, 2.45) is 0 Å². The smallest absolute Gasteiger partial charge is 0.0198 e. The predicted octanol–water partition coefficient (Wildman–Crippen LogP) is 3.54. The van der Waals surface area contributed by atoms with E-state index in [4.69, 9.17) is 0 Å². The Hall–Kier alpha value is -0.820. The van der Waals surface area contributed by atoms with E-state index in [2.05, 4.69) is 56.4 Å². The molecule has 1 aliphatic heterocycles. The molecule has 1 aromatic rings. The Bertz CT molecular complexity index is 342. The van der Waals surface area contributed by atoms with Gasteiger partial charge in [-0.25, -0.2) is 0 Å². The minimum absolute atomic E-state index is 0.267. The van der Waals surface area contributed by atoms with Gasteiger partial charge in [0.05, 0.1) is 0 Å². The Morgan fingerprint density at radius 1 is 1.06 bits per heavy atom. The van der Waals surface area contributed by atoms with Gasteiger partial charge in [0.2, 0.25) is 0 Å². The van der Waals surface area contributed by atoms with Gasteiger partial charge in [-0.05, 0) is 52.0 Å². The molecule has 0 aromatic heterocycles. The van der Waals surface area contributed by atoms with Gasteiger partial charge in [-0.2, -0.15) is 0 Å². The first-order valence-corrected chi connectivity index (χ1v) is 6.32. The third kappa shape index (κ3) is 2.85. The molecular weight excluding hydrogens is 194 g/mol. The van der Waals surface area contributed by atoms with Crippen molar-refractivity contribution < 1.29 is 0 Å². The molecule has 1 atom stereocenters. The molecular formula is C15H23N. The summed E-state index contributed by atoms with van der Waals surface area (Å²) in [4.78, 5) is 0. The number of nitrogens with one attached hydrogen (secondary N) is 1. The standard InChI is InChI=1S/C15H23N/c1-14(2)10-7-11-15(3,16-14)12-13-8-5-4-6-9-13/h4-6,8-9,16H,7,10-12H2,1-3H3. The molecule has 1 unspecified atom stereocenters. The molecule has 0 bridgehead atoms. The molecule has 0 aliphatic carbocycles. The molecule has 2 rings (SSSR count). The van der Waals surface area contributed by atoms with Crippen LogP contribution in [-0.4, -0.2) is 11.1 Å². The maximum atomic E-state index is 3.82. The van der Waals surface area contributed by atoms with Gasteiger partial charge in [-0.1, -0.05) is 30.3 Å². The summed E-state index contributed by atoms with van der Waals surface area (Å²) < 4.78 is 0. The Morgan fingerprint density at radius 2 is 1.75 bits per heavy atom. The Kier molecular flexibility index (Phi) is 3.07. The minimum atomic E-state index is 0.267.